The van der Waals surface area contributed by atoms with Crippen molar-refractivity contribution in [3.8, 4) is 23.3 Å². The average molecular weight is 384 g/mol. The van der Waals surface area contributed by atoms with Crippen LogP contribution in [0.1, 0.15) is 19.4 Å². The highest BCUT2D eigenvalue weighted by atomic mass is 32.2. The van der Waals surface area contributed by atoms with Gasteiger partial charge in [0.1, 0.15) is 6.61 Å². The zero-order chi connectivity index (χ0) is 19.5. The SMILES string of the molecule is COc1ccccc1OCC#CCNC(=O)Cc1ccc(SC(C)C)cc1. The van der Waals surface area contributed by atoms with E-state index in [1.165, 1.54) is 4.90 Å². The second kappa shape index (κ2) is 11.2. The van der Waals surface area contributed by atoms with E-state index >= 15 is 0 Å². The third-order valence-electron chi connectivity index (χ3n) is 3.53. The first-order chi connectivity index (χ1) is 13.1. The van der Waals surface area contributed by atoms with Gasteiger partial charge in [-0.05, 0) is 29.8 Å². The van der Waals surface area contributed by atoms with Crippen molar-refractivity contribution >= 4 is 17.7 Å². The second-order valence-corrected chi connectivity index (χ2v) is 7.71. The molecule has 27 heavy (non-hydrogen) atoms. The van der Waals surface area contributed by atoms with Crippen LogP contribution in [0.25, 0.3) is 0 Å². The van der Waals surface area contributed by atoms with Gasteiger partial charge in [-0.25, -0.2) is 0 Å². The summed E-state index contributed by atoms with van der Waals surface area (Å²) in [5.74, 6) is 7.05. The maximum absolute atomic E-state index is 12.0. The van der Waals surface area contributed by atoms with Crippen molar-refractivity contribution in [3.63, 3.8) is 0 Å². The number of hydrogen-bond donors (Lipinski definition) is 1. The third kappa shape index (κ3) is 7.67. The van der Waals surface area contributed by atoms with Gasteiger partial charge in [-0.1, -0.05) is 50.0 Å². The molecule has 142 valence electrons. The van der Waals surface area contributed by atoms with Crippen LogP contribution in [-0.2, 0) is 11.2 Å². The Morgan fingerprint density at radius 1 is 1.07 bits per heavy atom. The summed E-state index contributed by atoms with van der Waals surface area (Å²) in [6.07, 6.45) is 0.353. The molecule has 0 aromatic heterocycles. The van der Waals surface area contributed by atoms with Crippen LogP contribution in [-0.4, -0.2) is 31.4 Å². The van der Waals surface area contributed by atoms with Crippen LogP contribution in [0.2, 0.25) is 0 Å². The molecule has 4 nitrogen and oxygen atoms in total. The molecule has 5 heteroatoms. The van der Waals surface area contributed by atoms with Gasteiger partial charge >= 0.3 is 0 Å². The molecule has 0 aliphatic rings. The molecule has 1 amide bonds. The standard InChI is InChI=1S/C22H25NO3S/c1-17(2)27-19-12-10-18(11-13-19)16-22(24)23-14-6-7-15-26-21-9-5-4-8-20(21)25-3/h4-5,8-13,17H,14-16H2,1-3H3,(H,23,24). The van der Waals surface area contributed by atoms with Crippen LogP contribution in [0.3, 0.4) is 0 Å². The summed E-state index contributed by atoms with van der Waals surface area (Å²) in [6, 6.07) is 15.5. The summed E-state index contributed by atoms with van der Waals surface area (Å²) in [5, 5.41) is 3.35. The van der Waals surface area contributed by atoms with Crippen molar-refractivity contribution in [2.75, 3.05) is 20.3 Å². The van der Waals surface area contributed by atoms with E-state index in [1.807, 2.05) is 48.2 Å². The Hall–Kier alpha value is -2.58. The molecule has 1 N–H and O–H groups in total. The smallest absolute Gasteiger partial charge is 0.225 e. The van der Waals surface area contributed by atoms with E-state index in [0.29, 0.717) is 29.7 Å². The van der Waals surface area contributed by atoms with Crippen molar-refractivity contribution in [2.45, 2.75) is 30.4 Å². The number of carbonyl (C=O) groups excluding carboxylic acids is 1. The Morgan fingerprint density at radius 3 is 2.44 bits per heavy atom. The number of carbonyl (C=O) groups is 1. The zero-order valence-corrected chi connectivity index (χ0v) is 16.8. The number of hydrogen-bond acceptors (Lipinski definition) is 4. The summed E-state index contributed by atoms with van der Waals surface area (Å²) < 4.78 is 10.8. The van der Waals surface area contributed by atoms with Crippen LogP contribution >= 0.6 is 11.8 Å². The Labute approximate surface area is 165 Å². The average Bonchev–Trinajstić information content (AvgIpc) is 2.66. The molecule has 2 aromatic carbocycles. The van der Waals surface area contributed by atoms with Gasteiger partial charge in [0.2, 0.25) is 5.91 Å². The molecule has 0 spiro atoms. The summed E-state index contributed by atoms with van der Waals surface area (Å²) >= 11 is 1.81. The van der Waals surface area contributed by atoms with Crippen LogP contribution in [0.5, 0.6) is 11.5 Å². The lowest BCUT2D eigenvalue weighted by atomic mass is 10.1. The minimum Gasteiger partial charge on any atom is -0.493 e. The maximum atomic E-state index is 12.0. The first-order valence-electron chi connectivity index (χ1n) is 8.82. The Kier molecular flexibility index (Phi) is 8.60. The minimum atomic E-state index is -0.0424. The Bertz CT molecular complexity index is 791. The van der Waals surface area contributed by atoms with Gasteiger partial charge in [-0.2, -0.15) is 0 Å². The van der Waals surface area contributed by atoms with Gasteiger partial charge < -0.3 is 14.8 Å². The molecule has 0 radical (unpaired) electrons. The highest BCUT2D eigenvalue weighted by Crippen LogP contribution is 2.25. The van der Waals surface area contributed by atoms with Gasteiger partial charge in [0.25, 0.3) is 0 Å². The number of amides is 1. The van der Waals surface area contributed by atoms with E-state index in [9.17, 15) is 4.79 Å². The minimum absolute atomic E-state index is 0.0424. The molecule has 2 rings (SSSR count). The fourth-order valence-corrected chi connectivity index (χ4v) is 3.15. The van der Waals surface area contributed by atoms with Crippen LogP contribution in [0.15, 0.2) is 53.4 Å². The molecular weight excluding hydrogens is 358 g/mol. The number of ether oxygens (including phenoxy) is 2. The molecule has 0 heterocycles. The molecule has 0 bridgehead atoms. The van der Waals surface area contributed by atoms with Gasteiger partial charge in [0.05, 0.1) is 20.1 Å². The quantitative estimate of drug-likeness (QED) is 0.554. The topological polar surface area (TPSA) is 47.6 Å². The van der Waals surface area contributed by atoms with Crippen LogP contribution in [0.4, 0.5) is 0 Å². The number of nitrogens with one attached hydrogen (secondary N) is 1. The number of rotatable bonds is 8. The summed E-state index contributed by atoms with van der Waals surface area (Å²) in [5.41, 5.74) is 0.994. The van der Waals surface area contributed by atoms with Crippen LogP contribution < -0.4 is 14.8 Å². The lowest BCUT2D eigenvalue weighted by molar-refractivity contribution is -0.120. The summed E-state index contributed by atoms with van der Waals surface area (Å²) in [4.78, 5) is 13.2. The van der Waals surface area contributed by atoms with E-state index in [1.54, 1.807) is 7.11 Å². The fourth-order valence-electron chi connectivity index (χ4n) is 2.31. The second-order valence-electron chi connectivity index (χ2n) is 6.06. The van der Waals surface area contributed by atoms with Gasteiger partial charge in [-0.3, -0.25) is 4.79 Å². The van der Waals surface area contributed by atoms with Gasteiger partial charge in [-0.15, -0.1) is 11.8 Å². The molecular formula is C22H25NO3S. The highest BCUT2D eigenvalue weighted by Gasteiger charge is 2.04. The van der Waals surface area contributed by atoms with E-state index in [4.69, 9.17) is 9.47 Å². The largest absolute Gasteiger partial charge is 0.493 e. The predicted molar refractivity (Wildman–Crippen MR) is 110 cm³/mol. The van der Waals surface area contributed by atoms with Crippen molar-refractivity contribution < 1.29 is 14.3 Å². The first-order valence-corrected chi connectivity index (χ1v) is 9.70. The maximum Gasteiger partial charge on any atom is 0.225 e. The lowest BCUT2D eigenvalue weighted by Gasteiger charge is -2.07. The summed E-state index contributed by atoms with van der Waals surface area (Å²) in [7, 11) is 1.60. The van der Waals surface area contributed by atoms with E-state index in [-0.39, 0.29) is 12.5 Å². The van der Waals surface area contributed by atoms with Crippen molar-refractivity contribution in [3.05, 3.63) is 54.1 Å². The predicted octanol–water partition coefficient (Wildman–Crippen LogP) is 3.94. The normalized spacial score (nSPS) is 10.1. The third-order valence-corrected chi connectivity index (χ3v) is 4.54. The number of benzene rings is 2. The lowest BCUT2D eigenvalue weighted by Crippen LogP contribution is -2.25. The van der Waals surface area contributed by atoms with Crippen molar-refractivity contribution in [1.29, 1.82) is 0 Å². The molecule has 0 aliphatic heterocycles. The molecule has 0 aliphatic carbocycles. The van der Waals surface area contributed by atoms with Crippen molar-refractivity contribution in [1.82, 2.24) is 5.32 Å². The summed E-state index contributed by atoms with van der Waals surface area (Å²) in [6.45, 7) is 4.86. The molecule has 0 atom stereocenters. The van der Waals surface area contributed by atoms with Gasteiger partial charge in [0, 0.05) is 10.1 Å². The number of thioether (sulfide) groups is 1. The van der Waals surface area contributed by atoms with E-state index < -0.39 is 0 Å². The Morgan fingerprint density at radius 2 is 1.78 bits per heavy atom. The van der Waals surface area contributed by atoms with E-state index in [2.05, 4.69) is 43.1 Å². The van der Waals surface area contributed by atoms with Crippen LogP contribution in [0, 0.1) is 11.8 Å². The highest BCUT2D eigenvalue weighted by molar-refractivity contribution is 7.99. The molecule has 0 unspecified atom stereocenters. The first kappa shape index (κ1) is 20.7. The number of para-hydroxylation sites is 2. The molecule has 0 saturated carbocycles. The van der Waals surface area contributed by atoms with Gasteiger partial charge in [0.15, 0.2) is 11.5 Å². The monoisotopic (exact) mass is 383 g/mol. The van der Waals surface area contributed by atoms with E-state index in [0.717, 1.165) is 5.56 Å². The van der Waals surface area contributed by atoms with Crippen molar-refractivity contribution in [2.24, 2.45) is 0 Å². The number of methoxy groups -OCH3 is 1. The molecule has 2 aromatic rings. The fraction of sp³-hybridized carbons (Fsp3) is 0.318. The Balaban J connectivity index is 1.70. The molecule has 0 saturated heterocycles. The zero-order valence-electron chi connectivity index (χ0n) is 16.0. The molecule has 0 fully saturated rings.